The lowest BCUT2D eigenvalue weighted by molar-refractivity contribution is -0.129. The Bertz CT molecular complexity index is 808. The molecule has 2 aromatic rings. The molecule has 3 rings (SSSR count). The lowest BCUT2D eigenvalue weighted by atomic mass is 10.1. The molecule has 6 heteroatoms. The molecule has 1 atom stereocenters. The number of amides is 2. The molecule has 0 aromatic heterocycles. The Balaban J connectivity index is 1.51. The van der Waals surface area contributed by atoms with Crippen molar-refractivity contribution in [2.75, 3.05) is 33.7 Å². The number of benzene rings is 2. The van der Waals surface area contributed by atoms with Gasteiger partial charge in [-0.15, -0.1) is 0 Å². The van der Waals surface area contributed by atoms with Crippen molar-refractivity contribution in [1.29, 1.82) is 0 Å². The van der Waals surface area contributed by atoms with Crippen molar-refractivity contribution in [3.05, 3.63) is 60.2 Å². The van der Waals surface area contributed by atoms with E-state index in [0.717, 1.165) is 23.6 Å². The maximum atomic E-state index is 12.5. The van der Waals surface area contributed by atoms with Crippen LogP contribution in [0, 0.1) is 5.92 Å². The van der Waals surface area contributed by atoms with Crippen LogP contribution in [0.5, 0.6) is 11.5 Å². The molecule has 0 radical (unpaired) electrons. The number of rotatable bonds is 8. The molecule has 1 aliphatic heterocycles. The fraction of sp³-hybridized carbons (Fsp3) is 0.364. The maximum Gasteiger partial charge on any atom is 0.225 e. The van der Waals surface area contributed by atoms with Crippen LogP contribution in [0.2, 0.25) is 0 Å². The summed E-state index contributed by atoms with van der Waals surface area (Å²) in [5.41, 5.74) is 0.954. The molecule has 0 aliphatic carbocycles. The Morgan fingerprint density at radius 2 is 1.89 bits per heavy atom. The number of hydrogen-bond donors (Lipinski definition) is 1. The number of para-hydroxylation sites is 1. The predicted molar refractivity (Wildman–Crippen MR) is 108 cm³/mol. The Labute approximate surface area is 166 Å². The Morgan fingerprint density at radius 1 is 1.14 bits per heavy atom. The van der Waals surface area contributed by atoms with E-state index in [9.17, 15) is 9.59 Å². The molecular formula is C22H27N3O3. The number of likely N-dealkylation sites (tertiary alicyclic amines) is 1. The first-order valence-electron chi connectivity index (χ1n) is 9.53. The van der Waals surface area contributed by atoms with Crippen LogP contribution < -0.4 is 10.1 Å². The van der Waals surface area contributed by atoms with Gasteiger partial charge in [0.05, 0.1) is 5.92 Å². The average molecular weight is 381 g/mol. The molecule has 0 saturated carbocycles. The van der Waals surface area contributed by atoms with E-state index in [1.165, 1.54) is 0 Å². The molecule has 1 heterocycles. The van der Waals surface area contributed by atoms with E-state index in [-0.39, 0.29) is 24.2 Å². The van der Waals surface area contributed by atoms with Crippen LogP contribution in [0.3, 0.4) is 0 Å². The summed E-state index contributed by atoms with van der Waals surface area (Å²) in [6, 6.07) is 17.2. The fourth-order valence-electron chi connectivity index (χ4n) is 3.16. The van der Waals surface area contributed by atoms with Crippen molar-refractivity contribution in [3.8, 4) is 11.5 Å². The second-order valence-corrected chi connectivity index (χ2v) is 7.32. The third-order valence-electron chi connectivity index (χ3n) is 4.75. The van der Waals surface area contributed by atoms with Gasteiger partial charge in [-0.1, -0.05) is 30.3 Å². The summed E-state index contributed by atoms with van der Waals surface area (Å²) in [7, 11) is 3.95. The number of nitrogens with one attached hydrogen (secondary N) is 1. The van der Waals surface area contributed by atoms with Gasteiger partial charge in [0.2, 0.25) is 11.8 Å². The van der Waals surface area contributed by atoms with Gasteiger partial charge >= 0.3 is 0 Å². The minimum absolute atomic E-state index is 0.0558. The van der Waals surface area contributed by atoms with Crippen molar-refractivity contribution in [2.45, 2.75) is 13.0 Å². The topological polar surface area (TPSA) is 61.9 Å². The van der Waals surface area contributed by atoms with E-state index in [0.29, 0.717) is 19.6 Å². The lowest BCUT2D eigenvalue weighted by Crippen LogP contribution is -2.35. The van der Waals surface area contributed by atoms with Crippen LogP contribution in [0.1, 0.15) is 12.0 Å². The minimum atomic E-state index is -0.279. The van der Waals surface area contributed by atoms with Crippen molar-refractivity contribution in [3.63, 3.8) is 0 Å². The summed E-state index contributed by atoms with van der Waals surface area (Å²) >= 11 is 0. The van der Waals surface area contributed by atoms with Crippen LogP contribution in [0.15, 0.2) is 54.6 Å². The highest BCUT2D eigenvalue weighted by molar-refractivity contribution is 5.89. The lowest BCUT2D eigenvalue weighted by Gasteiger charge is -2.19. The number of likely N-dealkylation sites (N-methyl/N-ethyl adjacent to an activating group) is 1. The molecule has 2 amide bonds. The number of carbonyl (C=O) groups excluding carboxylic acids is 2. The van der Waals surface area contributed by atoms with Gasteiger partial charge in [-0.3, -0.25) is 9.59 Å². The first-order chi connectivity index (χ1) is 13.5. The van der Waals surface area contributed by atoms with Crippen LogP contribution in [-0.2, 0) is 16.1 Å². The van der Waals surface area contributed by atoms with Crippen LogP contribution in [0.25, 0.3) is 0 Å². The molecule has 148 valence electrons. The van der Waals surface area contributed by atoms with E-state index in [4.69, 9.17) is 4.74 Å². The van der Waals surface area contributed by atoms with E-state index in [2.05, 4.69) is 5.32 Å². The highest BCUT2D eigenvalue weighted by atomic mass is 16.5. The molecule has 0 spiro atoms. The first-order valence-corrected chi connectivity index (χ1v) is 9.53. The first kappa shape index (κ1) is 19.9. The summed E-state index contributed by atoms with van der Waals surface area (Å²) in [6.07, 6.45) is 0.288. The molecule has 1 fully saturated rings. The maximum absolute atomic E-state index is 12.5. The number of nitrogens with zero attached hydrogens (tertiary/aromatic N) is 2. The van der Waals surface area contributed by atoms with E-state index >= 15 is 0 Å². The fourth-order valence-corrected chi connectivity index (χ4v) is 3.16. The molecule has 1 saturated heterocycles. The molecule has 6 nitrogen and oxygen atoms in total. The van der Waals surface area contributed by atoms with Gasteiger partial charge < -0.3 is 19.9 Å². The molecule has 0 unspecified atom stereocenters. The normalized spacial score (nSPS) is 16.5. The third kappa shape index (κ3) is 5.57. The molecule has 1 N–H and O–H groups in total. The number of hydrogen-bond acceptors (Lipinski definition) is 4. The van der Waals surface area contributed by atoms with Crippen molar-refractivity contribution < 1.29 is 14.3 Å². The SMILES string of the molecule is CN(C)CCN1C[C@H](C(=O)NCc2cccc(Oc3ccccc3)c2)CC1=O. The van der Waals surface area contributed by atoms with Gasteiger partial charge in [0, 0.05) is 32.6 Å². The summed E-state index contributed by atoms with van der Waals surface area (Å²) in [6.45, 7) is 2.37. The number of ether oxygens (including phenoxy) is 1. The van der Waals surface area contributed by atoms with Crippen LogP contribution in [0.4, 0.5) is 0 Å². The standard InChI is InChI=1S/C22H27N3O3/c1-24(2)11-12-25-16-18(14-21(25)26)22(27)23-15-17-7-6-10-20(13-17)28-19-8-4-3-5-9-19/h3-10,13,18H,11-12,14-16H2,1-2H3,(H,23,27)/t18-/m1/s1. The van der Waals surface area contributed by atoms with Crippen LogP contribution in [-0.4, -0.2) is 55.3 Å². The minimum Gasteiger partial charge on any atom is -0.457 e. The molecule has 28 heavy (non-hydrogen) atoms. The van der Waals surface area contributed by atoms with Gasteiger partial charge in [0.1, 0.15) is 11.5 Å². The Hall–Kier alpha value is -2.86. The highest BCUT2D eigenvalue weighted by Gasteiger charge is 2.33. The molecule has 1 aliphatic rings. The Kier molecular flexibility index (Phi) is 6.66. The van der Waals surface area contributed by atoms with E-state index in [1.807, 2.05) is 73.6 Å². The highest BCUT2D eigenvalue weighted by Crippen LogP contribution is 2.22. The van der Waals surface area contributed by atoms with E-state index in [1.54, 1.807) is 4.90 Å². The predicted octanol–water partition coefficient (Wildman–Crippen LogP) is 2.51. The largest absolute Gasteiger partial charge is 0.457 e. The average Bonchev–Trinajstić information content (AvgIpc) is 3.06. The second-order valence-electron chi connectivity index (χ2n) is 7.32. The quantitative estimate of drug-likeness (QED) is 0.763. The third-order valence-corrected chi connectivity index (χ3v) is 4.75. The zero-order valence-electron chi connectivity index (χ0n) is 16.4. The molecule has 2 aromatic carbocycles. The van der Waals surface area contributed by atoms with Crippen molar-refractivity contribution in [2.24, 2.45) is 5.92 Å². The van der Waals surface area contributed by atoms with Crippen molar-refractivity contribution >= 4 is 11.8 Å². The number of carbonyl (C=O) groups is 2. The second kappa shape index (κ2) is 9.37. The zero-order valence-corrected chi connectivity index (χ0v) is 16.4. The summed E-state index contributed by atoms with van der Waals surface area (Å²) < 4.78 is 5.83. The van der Waals surface area contributed by atoms with Gasteiger partial charge in [-0.2, -0.15) is 0 Å². The van der Waals surface area contributed by atoms with E-state index < -0.39 is 0 Å². The Morgan fingerprint density at radius 3 is 2.64 bits per heavy atom. The molecular weight excluding hydrogens is 354 g/mol. The molecule has 0 bridgehead atoms. The van der Waals surface area contributed by atoms with Crippen LogP contribution >= 0.6 is 0 Å². The van der Waals surface area contributed by atoms with Gasteiger partial charge in [-0.25, -0.2) is 0 Å². The van der Waals surface area contributed by atoms with Gasteiger partial charge in [0.25, 0.3) is 0 Å². The monoisotopic (exact) mass is 381 g/mol. The summed E-state index contributed by atoms with van der Waals surface area (Å²) in [5, 5.41) is 2.95. The summed E-state index contributed by atoms with van der Waals surface area (Å²) in [4.78, 5) is 28.4. The van der Waals surface area contributed by atoms with Crippen molar-refractivity contribution in [1.82, 2.24) is 15.1 Å². The van der Waals surface area contributed by atoms with Gasteiger partial charge in [0.15, 0.2) is 0 Å². The summed E-state index contributed by atoms with van der Waals surface area (Å²) in [5.74, 6) is 1.20. The zero-order chi connectivity index (χ0) is 19.9. The van der Waals surface area contributed by atoms with Gasteiger partial charge in [-0.05, 0) is 43.9 Å². The smallest absolute Gasteiger partial charge is 0.225 e.